The van der Waals surface area contributed by atoms with Crippen molar-refractivity contribution in [3.63, 3.8) is 0 Å². The molecule has 0 fully saturated rings. The molecular formula is C19H24N2O4. The molecule has 1 aromatic carbocycles. The molecule has 1 aromatic rings. The van der Waals surface area contributed by atoms with E-state index >= 15 is 0 Å². The number of hydrogen-bond donors (Lipinski definition) is 1. The number of amides is 1. The van der Waals surface area contributed by atoms with E-state index in [1.54, 1.807) is 45.0 Å². The van der Waals surface area contributed by atoms with Crippen molar-refractivity contribution in [1.29, 1.82) is 0 Å². The van der Waals surface area contributed by atoms with E-state index in [0.717, 1.165) is 5.01 Å². The van der Waals surface area contributed by atoms with Gasteiger partial charge < -0.3 is 4.74 Å². The zero-order chi connectivity index (χ0) is 18.6. The maximum atomic E-state index is 12.7. The van der Waals surface area contributed by atoms with Crippen molar-refractivity contribution in [3.8, 4) is 0 Å². The van der Waals surface area contributed by atoms with Gasteiger partial charge >= 0.3 is 6.09 Å². The molecule has 0 heterocycles. The van der Waals surface area contributed by atoms with Gasteiger partial charge in [0, 0.05) is 24.7 Å². The lowest BCUT2D eigenvalue weighted by molar-refractivity contribution is -0.115. The van der Waals surface area contributed by atoms with Gasteiger partial charge in [-0.05, 0) is 33.6 Å². The first kappa shape index (κ1) is 18.7. The number of hydrazine groups is 1. The van der Waals surface area contributed by atoms with E-state index in [0.29, 0.717) is 30.5 Å². The third kappa shape index (κ3) is 4.92. The van der Waals surface area contributed by atoms with Crippen molar-refractivity contribution in [2.24, 2.45) is 0 Å². The number of allylic oxidation sites excluding steroid dienone is 2. The second kappa shape index (κ2) is 7.51. The molecule has 0 saturated heterocycles. The van der Waals surface area contributed by atoms with Gasteiger partial charge in [0.05, 0.1) is 5.57 Å². The van der Waals surface area contributed by atoms with Crippen LogP contribution in [0.4, 0.5) is 4.79 Å². The summed E-state index contributed by atoms with van der Waals surface area (Å²) in [6.07, 6.45) is 0.904. The molecule has 6 nitrogen and oxygen atoms in total. The average molecular weight is 344 g/mol. The van der Waals surface area contributed by atoms with Crippen LogP contribution in [0.5, 0.6) is 0 Å². The van der Waals surface area contributed by atoms with Crippen molar-refractivity contribution in [1.82, 2.24) is 10.4 Å². The Morgan fingerprint density at radius 1 is 1.12 bits per heavy atom. The second-order valence-electron chi connectivity index (χ2n) is 6.98. The Hall–Kier alpha value is -2.63. The van der Waals surface area contributed by atoms with Gasteiger partial charge in [0.15, 0.2) is 11.6 Å². The lowest BCUT2D eigenvalue weighted by atomic mass is 9.89. The minimum Gasteiger partial charge on any atom is -0.442 e. The Morgan fingerprint density at radius 2 is 1.76 bits per heavy atom. The van der Waals surface area contributed by atoms with Gasteiger partial charge in [-0.1, -0.05) is 30.3 Å². The summed E-state index contributed by atoms with van der Waals surface area (Å²) < 4.78 is 5.28. The van der Waals surface area contributed by atoms with Crippen LogP contribution < -0.4 is 5.43 Å². The molecule has 2 rings (SSSR count). The molecule has 0 radical (unpaired) electrons. The number of ketones is 2. The predicted octanol–water partition coefficient (Wildman–Crippen LogP) is 3.25. The maximum absolute atomic E-state index is 12.7. The summed E-state index contributed by atoms with van der Waals surface area (Å²) in [7, 11) is 1.50. The fourth-order valence-corrected chi connectivity index (χ4v) is 2.53. The topological polar surface area (TPSA) is 75.7 Å². The fraction of sp³-hybridized carbons (Fsp3) is 0.421. The van der Waals surface area contributed by atoms with E-state index in [2.05, 4.69) is 5.43 Å². The van der Waals surface area contributed by atoms with Crippen molar-refractivity contribution in [2.75, 3.05) is 7.05 Å². The lowest BCUT2D eigenvalue weighted by Crippen LogP contribution is -2.44. The van der Waals surface area contributed by atoms with Crippen LogP contribution in [0, 0.1) is 0 Å². The molecule has 0 atom stereocenters. The second-order valence-corrected chi connectivity index (χ2v) is 6.98. The molecule has 134 valence electrons. The monoisotopic (exact) mass is 344 g/mol. The van der Waals surface area contributed by atoms with E-state index in [4.69, 9.17) is 4.74 Å². The zero-order valence-electron chi connectivity index (χ0n) is 15.1. The minimum absolute atomic E-state index is 0.118. The lowest BCUT2D eigenvalue weighted by Gasteiger charge is -2.28. The third-order valence-electron chi connectivity index (χ3n) is 3.64. The number of hydrogen-bond acceptors (Lipinski definition) is 5. The van der Waals surface area contributed by atoms with Crippen molar-refractivity contribution < 1.29 is 19.1 Å². The van der Waals surface area contributed by atoms with Crippen LogP contribution in [0.15, 0.2) is 41.6 Å². The van der Waals surface area contributed by atoms with Gasteiger partial charge in [-0.25, -0.2) is 9.80 Å². The third-order valence-corrected chi connectivity index (χ3v) is 3.64. The fourth-order valence-electron chi connectivity index (χ4n) is 2.53. The Balaban J connectivity index is 2.26. The van der Waals surface area contributed by atoms with Crippen molar-refractivity contribution >= 4 is 17.7 Å². The van der Waals surface area contributed by atoms with E-state index in [-0.39, 0.29) is 17.1 Å². The molecule has 0 aromatic heterocycles. The van der Waals surface area contributed by atoms with E-state index < -0.39 is 11.7 Å². The molecule has 0 spiro atoms. The molecule has 0 unspecified atom stereocenters. The average Bonchev–Trinajstić information content (AvgIpc) is 2.53. The maximum Gasteiger partial charge on any atom is 0.428 e. The highest BCUT2D eigenvalue weighted by Crippen LogP contribution is 2.24. The predicted molar refractivity (Wildman–Crippen MR) is 93.8 cm³/mol. The molecule has 1 aliphatic rings. The summed E-state index contributed by atoms with van der Waals surface area (Å²) in [6.45, 7) is 5.31. The largest absolute Gasteiger partial charge is 0.442 e. The first-order valence-electron chi connectivity index (χ1n) is 8.28. The Bertz CT molecular complexity index is 702. The summed E-state index contributed by atoms with van der Waals surface area (Å²) in [5.41, 5.74) is 3.26. The summed E-state index contributed by atoms with van der Waals surface area (Å²) in [4.78, 5) is 37.2. The number of carbonyl (C=O) groups is 3. The van der Waals surface area contributed by atoms with Crippen LogP contribution in [-0.4, -0.2) is 35.3 Å². The molecule has 6 heteroatoms. The number of benzene rings is 1. The van der Waals surface area contributed by atoms with Crippen molar-refractivity contribution in [2.45, 2.75) is 45.6 Å². The van der Waals surface area contributed by atoms with Crippen LogP contribution in [0.1, 0.15) is 50.4 Å². The number of nitrogens with zero attached hydrogens (tertiary/aromatic N) is 1. The molecule has 0 saturated carbocycles. The van der Waals surface area contributed by atoms with Gasteiger partial charge in [0.2, 0.25) is 0 Å². The highest BCUT2D eigenvalue weighted by Gasteiger charge is 2.29. The number of rotatable bonds is 4. The molecule has 0 bridgehead atoms. The van der Waals surface area contributed by atoms with Gasteiger partial charge in [0.1, 0.15) is 5.60 Å². The summed E-state index contributed by atoms with van der Waals surface area (Å²) in [6, 6.07) is 8.66. The smallest absolute Gasteiger partial charge is 0.428 e. The van der Waals surface area contributed by atoms with Gasteiger partial charge in [-0.15, -0.1) is 0 Å². The SMILES string of the molecule is CN(NC1=C(C(=O)c2ccccc2)C(=O)CCC1)C(=O)OC(C)(C)C. The van der Waals surface area contributed by atoms with E-state index in [9.17, 15) is 14.4 Å². The van der Waals surface area contributed by atoms with E-state index in [1.165, 1.54) is 7.05 Å². The quantitative estimate of drug-likeness (QED) is 0.515. The Morgan fingerprint density at radius 3 is 2.36 bits per heavy atom. The van der Waals surface area contributed by atoms with Gasteiger partial charge in [-0.2, -0.15) is 0 Å². The molecule has 25 heavy (non-hydrogen) atoms. The number of nitrogens with one attached hydrogen (secondary N) is 1. The summed E-state index contributed by atoms with van der Waals surface area (Å²) in [5, 5.41) is 1.16. The van der Waals surface area contributed by atoms with Gasteiger partial charge in [-0.3, -0.25) is 15.0 Å². The number of carbonyl (C=O) groups excluding carboxylic acids is 3. The highest BCUT2D eigenvalue weighted by atomic mass is 16.6. The Labute approximate surface area is 147 Å². The van der Waals surface area contributed by atoms with Crippen LogP contribution in [-0.2, 0) is 9.53 Å². The van der Waals surface area contributed by atoms with E-state index in [1.807, 2.05) is 6.07 Å². The van der Waals surface area contributed by atoms with Crippen LogP contribution in [0.2, 0.25) is 0 Å². The van der Waals surface area contributed by atoms with Crippen molar-refractivity contribution in [3.05, 3.63) is 47.2 Å². The normalized spacial score (nSPS) is 15.0. The standard InChI is InChI=1S/C19H24N2O4/c1-19(2,3)25-18(24)21(4)20-14-11-8-12-15(22)16(14)17(23)13-9-6-5-7-10-13/h5-7,9-10,20H,8,11-12H2,1-4H3. The summed E-state index contributed by atoms with van der Waals surface area (Å²) in [5.74, 6) is -0.536. The first-order chi connectivity index (χ1) is 11.7. The first-order valence-corrected chi connectivity index (χ1v) is 8.28. The van der Waals surface area contributed by atoms with Crippen LogP contribution in [0.3, 0.4) is 0 Å². The van der Waals surface area contributed by atoms with Crippen LogP contribution >= 0.6 is 0 Å². The van der Waals surface area contributed by atoms with Crippen LogP contribution in [0.25, 0.3) is 0 Å². The molecule has 0 aliphatic heterocycles. The minimum atomic E-state index is -0.632. The molecule has 1 N–H and O–H groups in total. The number of ether oxygens (including phenoxy) is 1. The van der Waals surface area contributed by atoms with Gasteiger partial charge in [0.25, 0.3) is 0 Å². The zero-order valence-corrected chi connectivity index (χ0v) is 15.1. The Kier molecular flexibility index (Phi) is 5.62. The summed E-state index contributed by atoms with van der Waals surface area (Å²) >= 11 is 0. The molecule has 1 aliphatic carbocycles. The molecule has 1 amide bonds. The highest BCUT2D eigenvalue weighted by molar-refractivity contribution is 6.27. The molecular weight excluding hydrogens is 320 g/mol. The number of Topliss-reactive ketones (excluding diaryl/α,β-unsaturated/α-hetero) is 2.